The molecule has 0 unspecified atom stereocenters. The van der Waals surface area contributed by atoms with Crippen molar-refractivity contribution in [3.8, 4) is 0 Å². The van der Waals surface area contributed by atoms with Crippen molar-refractivity contribution in [3.05, 3.63) is 17.6 Å². The maximum absolute atomic E-state index is 12.1. The number of aromatic nitrogens is 4. The van der Waals surface area contributed by atoms with Crippen molar-refractivity contribution in [1.82, 2.24) is 23.9 Å². The maximum atomic E-state index is 12.1. The Kier molecular flexibility index (Phi) is 5.82. The van der Waals surface area contributed by atoms with Crippen molar-refractivity contribution in [3.63, 3.8) is 0 Å². The van der Waals surface area contributed by atoms with E-state index in [0.29, 0.717) is 55.6 Å². The topological polar surface area (TPSA) is 110 Å². The van der Waals surface area contributed by atoms with Crippen molar-refractivity contribution in [2.24, 2.45) is 0 Å². The largest absolute Gasteiger partial charge is 0.466 e. The molecule has 2 aromatic rings. The summed E-state index contributed by atoms with van der Waals surface area (Å²) in [6.45, 7) is 5.31. The molecule has 0 N–H and O–H groups in total. The number of alkyl halides is 1. The van der Waals surface area contributed by atoms with Crippen LogP contribution in [0, 0.1) is 6.92 Å². The molecule has 0 bridgehead atoms. The molecule has 0 aromatic carbocycles. The number of rotatable bonds is 6. The molecule has 0 saturated carbocycles. The molecule has 1 saturated heterocycles. The van der Waals surface area contributed by atoms with Gasteiger partial charge in [0.2, 0.25) is 10.0 Å². The molecule has 12 heteroatoms. The minimum absolute atomic E-state index is 0.0536. The van der Waals surface area contributed by atoms with E-state index in [9.17, 15) is 13.2 Å². The first-order valence-corrected chi connectivity index (χ1v) is 10.6. The van der Waals surface area contributed by atoms with Gasteiger partial charge >= 0.3 is 5.97 Å². The van der Waals surface area contributed by atoms with Gasteiger partial charge in [-0.3, -0.25) is 4.79 Å². The van der Waals surface area contributed by atoms with Crippen LogP contribution in [0.4, 0.5) is 5.82 Å². The van der Waals surface area contributed by atoms with Gasteiger partial charge in [-0.2, -0.15) is 18.9 Å². The molecule has 0 amide bonds. The van der Waals surface area contributed by atoms with Crippen molar-refractivity contribution in [2.75, 3.05) is 42.9 Å². The molecule has 1 aliphatic rings. The van der Waals surface area contributed by atoms with Gasteiger partial charge in [0.25, 0.3) is 5.78 Å². The maximum Gasteiger partial charge on any atom is 0.310 e. The lowest BCUT2D eigenvalue weighted by atomic mass is 10.1. The highest BCUT2D eigenvalue weighted by atomic mass is 35.5. The van der Waals surface area contributed by atoms with Gasteiger partial charge in [0.05, 0.1) is 13.0 Å². The van der Waals surface area contributed by atoms with Crippen LogP contribution in [0.15, 0.2) is 6.33 Å². The number of nitrogens with zero attached hydrogens (tertiary/aromatic N) is 6. The van der Waals surface area contributed by atoms with Gasteiger partial charge in [0.15, 0.2) is 0 Å². The number of fused-ring (bicyclic) bond motifs is 1. The predicted molar refractivity (Wildman–Crippen MR) is 99.3 cm³/mol. The summed E-state index contributed by atoms with van der Waals surface area (Å²) in [6.07, 6.45) is 1.45. The van der Waals surface area contributed by atoms with Crippen LogP contribution in [0.1, 0.15) is 18.2 Å². The first kappa shape index (κ1) is 19.8. The standard InChI is InChI=1S/C15H21ClN6O4S/c1-3-26-13(23)8-12-11(2)19-15-17-10-18-22(15)14(12)20-4-6-21(7-5-20)27(24,25)9-16/h10H,3-9H2,1-2H3. The van der Waals surface area contributed by atoms with Crippen molar-refractivity contribution in [1.29, 1.82) is 0 Å². The Bertz CT molecular complexity index is 939. The molecular weight excluding hydrogens is 396 g/mol. The Labute approximate surface area is 162 Å². The van der Waals surface area contributed by atoms with Crippen molar-refractivity contribution >= 4 is 39.2 Å². The molecule has 3 rings (SSSR count). The second kappa shape index (κ2) is 7.95. The number of hydrogen-bond acceptors (Lipinski definition) is 8. The van der Waals surface area contributed by atoms with Crippen LogP contribution in [0.2, 0.25) is 0 Å². The van der Waals surface area contributed by atoms with Crippen LogP contribution in [0.25, 0.3) is 5.78 Å². The highest BCUT2D eigenvalue weighted by molar-refractivity contribution is 7.90. The van der Waals surface area contributed by atoms with Crippen LogP contribution < -0.4 is 4.90 Å². The third kappa shape index (κ3) is 3.99. The normalized spacial score (nSPS) is 16.0. The lowest BCUT2D eigenvalue weighted by Crippen LogP contribution is -2.49. The third-order valence-corrected chi connectivity index (χ3v) is 6.66. The summed E-state index contributed by atoms with van der Waals surface area (Å²) in [5.41, 5.74) is 1.36. The molecule has 0 aliphatic carbocycles. The Morgan fingerprint density at radius 1 is 1.30 bits per heavy atom. The van der Waals surface area contributed by atoms with E-state index in [1.807, 2.05) is 4.90 Å². The van der Waals surface area contributed by atoms with Crippen molar-refractivity contribution < 1.29 is 17.9 Å². The smallest absolute Gasteiger partial charge is 0.310 e. The second-order valence-corrected chi connectivity index (χ2v) is 8.61. The van der Waals surface area contributed by atoms with E-state index < -0.39 is 15.2 Å². The van der Waals surface area contributed by atoms with Gasteiger partial charge in [-0.05, 0) is 13.8 Å². The molecule has 2 aromatic heterocycles. The number of aryl methyl sites for hydroxylation is 1. The van der Waals surface area contributed by atoms with Gasteiger partial charge in [-0.1, -0.05) is 0 Å². The summed E-state index contributed by atoms with van der Waals surface area (Å²) in [6, 6.07) is 0. The number of esters is 1. The van der Waals surface area contributed by atoms with E-state index in [-0.39, 0.29) is 12.4 Å². The molecule has 0 atom stereocenters. The predicted octanol–water partition coefficient (Wildman–Crippen LogP) is 0.186. The van der Waals surface area contributed by atoms with E-state index >= 15 is 0 Å². The molecule has 1 aliphatic heterocycles. The lowest BCUT2D eigenvalue weighted by Gasteiger charge is -2.35. The van der Waals surface area contributed by atoms with Crippen molar-refractivity contribution in [2.45, 2.75) is 20.3 Å². The third-order valence-electron chi connectivity index (χ3n) is 4.40. The summed E-state index contributed by atoms with van der Waals surface area (Å²) in [5, 5.41) is 3.79. The number of hydrogen-bond donors (Lipinski definition) is 0. The van der Waals surface area contributed by atoms with E-state index in [4.69, 9.17) is 16.3 Å². The number of ether oxygens (including phenoxy) is 1. The number of carbonyl (C=O) groups is 1. The highest BCUT2D eigenvalue weighted by Gasteiger charge is 2.29. The van der Waals surface area contributed by atoms with Crippen LogP contribution >= 0.6 is 11.6 Å². The first-order chi connectivity index (χ1) is 12.9. The van der Waals surface area contributed by atoms with E-state index in [2.05, 4.69) is 15.1 Å². The number of piperazine rings is 1. The minimum Gasteiger partial charge on any atom is -0.466 e. The van der Waals surface area contributed by atoms with Gasteiger partial charge in [-0.25, -0.2) is 13.4 Å². The highest BCUT2D eigenvalue weighted by Crippen LogP contribution is 2.26. The quantitative estimate of drug-likeness (QED) is 0.484. The summed E-state index contributed by atoms with van der Waals surface area (Å²) in [4.78, 5) is 22.6. The Balaban J connectivity index is 1.95. The summed E-state index contributed by atoms with van der Waals surface area (Å²) >= 11 is 5.55. The SMILES string of the molecule is CCOC(=O)Cc1c(C)nc2ncnn2c1N1CCN(S(=O)(=O)CCl)CC1. The molecule has 10 nitrogen and oxygen atoms in total. The zero-order valence-corrected chi connectivity index (χ0v) is 16.7. The second-order valence-electron chi connectivity index (χ2n) is 6.06. The molecule has 3 heterocycles. The number of sulfonamides is 1. The summed E-state index contributed by atoms with van der Waals surface area (Å²) in [7, 11) is -3.45. The van der Waals surface area contributed by atoms with Crippen LogP contribution in [-0.2, 0) is 26.0 Å². The molecule has 148 valence electrons. The van der Waals surface area contributed by atoms with E-state index in [0.717, 1.165) is 0 Å². The summed E-state index contributed by atoms with van der Waals surface area (Å²) in [5.74, 6) is 0.753. The number of halogens is 1. The fourth-order valence-corrected chi connectivity index (χ4v) is 4.38. The average Bonchev–Trinajstić information content (AvgIpc) is 3.10. The zero-order valence-electron chi connectivity index (χ0n) is 15.1. The monoisotopic (exact) mass is 416 g/mol. The van der Waals surface area contributed by atoms with Crippen LogP contribution in [0.3, 0.4) is 0 Å². The summed E-state index contributed by atoms with van der Waals surface area (Å²) < 4.78 is 32.0. The van der Waals surface area contributed by atoms with E-state index in [1.54, 1.807) is 18.4 Å². The van der Waals surface area contributed by atoms with Gasteiger partial charge in [0, 0.05) is 37.4 Å². The molecule has 0 spiro atoms. The van der Waals surface area contributed by atoms with E-state index in [1.165, 1.54) is 10.6 Å². The fraction of sp³-hybridized carbons (Fsp3) is 0.600. The Hall–Kier alpha value is -1.98. The lowest BCUT2D eigenvalue weighted by molar-refractivity contribution is -0.142. The zero-order chi connectivity index (χ0) is 19.6. The molecule has 27 heavy (non-hydrogen) atoms. The number of anilines is 1. The van der Waals surface area contributed by atoms with Gasteiger partial charge < -0.3 is 9.64 Å². The van der Waals surface area contributed by atoms with Crippen LogP contribution in [-0.4, -0.2) is 76.3 Å². The van der Waals surface area contributed by atoms with Crippen LogP contribution in [0.5, 0.6) is 0 Å². The first-order valence-electron chi connectivity index (χ1n) is 8.51. The Morgan fingerprint density at radius 3 is 2.63 bits per heavy atom. The van der Waals surface area contributed by atoms with Gasteiger partial charge in [-0.15, -0.1) is 11.6 Å². The van der Waals surface area contributed by atoms with Gasteiger partial charge in [0.1, 0.15) is 17.4 Å². The Morgan fingerprint density at radius 2 is 2.00 bits per heavy atom. The fourth-order valence-electron chi connectivity index (χ4n) is 3.10. The minimum atomic E-state index is -3.45. The molecule has 0 radical (unpaired) electrons. The number of carbonyl (C=O) groups excluding carboxylic acids is 1. The average molecular weight is 417 g/mol. The molecular formula is C15H21ClN6O4S. The molecule has 1 fully saturated rings.